The molecule has 0 aromatic heterocycles. The van der Waals surface area contributed by atoms with Crippen LogP contribution in [0.25, 0.3) is 16.0 Å². The first-order chi connectivity index (χ1) is 15.1. The fourth-order valence-corrected chi connectivity index (χ4v) is 3.36. The van der Waals surface area contributed by atoms with Crippen LogP contribution >= 0.6 is 23.2 Å². The Hall–Kier alpha value is -3.52. The fourth-order valence-electron chi connectivity index (χ4n) is 2.73. The van der Waals surface area contributed by atoms with E-state index in [1.54, 1.807) is 0 Å². The third-order valence-electron chi connectivity index (χ3n) is 4.06. The molecule has 2 rings (SSSR count). The van der Waals surface area contributed by atoms with Crippen molar-refractivity contribution in [3.8, 4) is 0 Å². The van der Waals surface area contributed by atoms with Gasteiger partial charge in [0.25, 0.3) is 0 Å². The first kappa shape index (κ1) is 24.7. The Morgan fingerprint density at radius 2 is 1.47 bits per heavy atom. The number of benzene rings is 2. The van der Waals surface area contributed by atoms with Crippen molar-refractivity contribution in [1.82, 2.24) is 0 Å². The zero-order chi connectivity index (χ0) is 23.8. The molecule has 32 heavy (non-hydrogen) atoms. The molecule has 0 amide bonds. The standard InChI is InChI=1S/C21H17Cl2N3O6/c1-11(27)18(12(2)28)13-3-5-14(6-4-13)20(29)31-7-8-32-21(30)19-16(22)9-15(25-26-24)10-17(19)23/h3-6,9-10,27H,7-8H2,1-2H3/b18-11+. The molecular formula is C21H17Cl2N3O6. The summed E-state index contributed by atoms with van der Waals surface area (Å²) in [6.07, 6.45) is 0. The van der Waals surface area contributed by atoms with Crippen molar-refractivity contribution in [1.29, 1.82) is 0 Å². The van der Waals surface area contributed by atoms with Gasteiger partial charge in [0, 0.05) is 10.6 Å². The summed E-state index contributed by atoms with van der Waals surface area (Å²) in [6, 6.07) is 8.44. The Kier molecular flexibility index (Phi) is 8.66. The number of aliphatic hydroxyl groups is 1. The minimum atomic E-state index is -0.837. The number of aliphatic hydroxyl groups excluding tert-OH is 1. The van der Waals surface area contributed by atoms with Gasteiger partial charge in [-0.15, -0.1) is 0 Å². The van der Waals surface area contributed by atoms with Crippen molar-refractivity contribution in [3.05, 3.63) is 79.3 Å². The number of Topliss-reactive ketones (excluding diaryl/α,β-unsaturated/α-hetero) is 1. The first-order valence-corrected chi connectivity index (χ1v) is 9.81. The SMILES string of the molecule is CC(=O)/C(=C(/C)O)c1ccc(C(=O)OCCOC(=O)c2c(Cl)cc(N=[N+]=[N-])cc2Cl)cc1. The van der Waals surface area contributed by atoms with E-state index in [9.17, 15) is 19.5 Å². The lowest BCUT2D eigenvalue weighted by molar-refractivity contribution is -0.111. The van der Waals surface area contributed by atoms with Gasteiger partial charge >= 0.3 is 11.9 Å². The number of allylic oxidation sites excluding steroid dienone is 2. The van der Waals surface area contributed by atoms with Gasteiger partial charge in [-0.25, -0.2) is 9.59 Å². The molecule has 166 valence electrons. The van der Waals surface area contributed by atoms with Crippen molar-refractivity contribution in [2.45, 2.75) is 13.8 Å². The molecular weight excluding hydrogens is 461 g/mol. The van der Waals surface area contributed by atoms with Crippen LogP contribution in [0.5, 0.6) is 0 Å². The number of azide groups is 1. The van der Waals surface area contributed by atoms with Crippen molar-refractivity contribution in [2.24, 2.45) is 5.11 Å². The van der Waals surface area contributed by atoms with Gasteiger partial charge in [0.05, 0.1) is 26.7 Å². The van der Waals surface area contributed by atoms with E-state index in [2.05, 4.69) is 10.0 Å². The average molecular weight is 478 g/mol. The first-order valence-electron chi connectivity index (χ1n) is 9.05. The highest BCUT2D eigenvalue weighted by Gasteiger charge is 2.18. The highest BCUT2D eigenvalue weighted by Crippen LogP contribution is 2.31. The molecule has 0 heterocycles. The van der Waals surface area contributed by atoms with Crippen LogP contribution in [0.4, 0.5) is 5.69 Å². The lowest BCUT2D eigenvalue weighted by atomic mass is 10.00. The summed E-state index contributed by atoms with van der Waals surface area (Å²) in [5.41, 5.74) is 9.30. The second-order valence-corrected chi connectivity index (χ2v) is 7.15. The third kappa shape index (κ3) is 6.24. The minimum absolute atomic E-state index is 0.0564. The zero-order valence-electron chi connectivity index (χ0n) is 17.0. The van der Waals surface area contributed by atoms with Gasteiger partial charge in [-0.3, -0.25) is 4.79 Å². The van der Waals surface area contributed by atoms with Gasteiger partial charge in [-0.05, 0) is 49.2 Å². The number of ether oxygens (including phenoxy) is 2. The lowest BCUT2D eigenvalue weighted by Gasteiger charge is -2.10. The minimum Gasteiger partial charge on any atom is -0.512 e. The van der Waals surface area contributed by atoms with Crippen LogP contribution in [-0.2, 0) is 14.3 Å². The highest BCUT2D eigenvalue weighted by atomic mass is 35.5. The number of ketones is 1. The smallest absolute Gasteiger partial charge is 0.341 e. The zero-order valence-corrected chi connectivity index (χ0v) is 18.5. The molecule has 1 N–H and O–H groups in total. The summed E-state index contributed by atoms with van der Waals surface area (Å²) >= 11 is 12.0. The number of hydrogen-bond acceptors (Lipinski definition) is 7. The summed E-state index contributed by atoms with van der Waals surface area (Å²) in [6.45, 7) is 2.24. The molecule has 0 aliphatic carbocycles. The molecule has 2 aromatic rings. The van der Waals surface area contributed by atoms with Crippen LogP contribution in [-0.4, -0.2) is 36.0 Å². The number of carbonyl (C=O) groups is 3. The predicted octanol–water partition coefficient (Wildman–Crippen LogP) is 5.83. The Bertz CT molecular complexity index is 1110. The van der Waals surface area contributed by atoms with E-state index in [0.29, 0.717) is 5.56 Å². The molecule has 0 atom stereocenters. The van der Waals surface area contributed by atoms with Crippen molar-refractivity contribution in [2.75, 3.05) is 13.2 Å². The average Bonchev–Trinajstić information content (AvgIpc) is 2.71. The van der Waals surface area contributed by atoms with Gasteiger partial charge < -0.3 is 14.6 Å². The number of carbonyl (C=O) groups excluding carboxylic acids is 3. The normalized spacial score (nSPS) is 11.1. The molecule has 0 saturated carbocycles. The maximum Gasteiger partial charge on any atom is 0.341 e. The quantitative estimate of drug-likeness (QED) is 0.0964. The van der Waals surface area contributed by atoms with E-state index in [1.165, 1.54) is 50.2 Å². The molecule has 9 nitrogen and oxygen atoms in total. The van der Waals surface area contributed by atoms with Gasteiger partial charge in [-0.2, -0.15) is 0 Å². The van der Waals surface area contributed by atoms with E-state index in [4.69, 9.17) is 38.2 Å². The molecule has 0 aliphatic heterocycles. The van der Waals surface area contributed by atoms with Crippen LogP contribution in [0.15, 0.2) is 47.3 Å². The largest absolute Gasteiger partial charge is 0.512 e. The second-order valence-electron chi connectivity index (χ2n) is 6.34. The molecule has 0 aliphatic rings. The molecule has 0 fully saturated rings. The summed E-state index contributed by atoms with van der Waals surface area (Å²) < 4.78 is 10.1. The predicted molar refractivity (Wildman–Crippen MR) is 118 cm³/mol. The van der Waals surface area contributed by atoms with Crippen molar-refractivity contribution in [3.63, 3.8) is 0 Å². The van der Waals surface area contributed by atoms with Crippen LogP contribution in [0, 0.1) is 0 Å². The van der Waals surface area contributed by atoms with Gasteiger partial charge in [-0.1, -0.05) is 40.4 Å². The fraction of sp³-hybridized carbons (Fsp3) is 0.190. The Morgan fingerprint density at radius 1 is 0.969 bits per heavy atom. The number of esters is 2. The monoisotopic (exact) mass is 477 g/mol. The summed E-state index contributed by atoms with van der Waals surface area (Å²) in [7, 11) is 0. The molecule has 0 bridgehead atoms. The number of rotatable bonds is 8. The molecule has 0 saturated heterocycles. The van der Waals surface area contributed by atoms with Crippen molar-refractivity contribution < 1.29 is 29.0 Å². The van der Waals surface area contributed by atoms with E-state index in [-0.39, 0.29) is 57.2 Å². The Balaban J connectivity index is 1.94. The summed E-state index contributed by atoms with van der Waals surface area (Å²) in [5, 5.41) is 12.9. The van der Waals surface area contributed by atoms with E-state index in [1.807, 2.05) is 0 Å². The summed E-state index contributed by atoms with van der Waals surface area (Å²) in [4.78, 5) is 38.6. The molecule has 0 radical (unpaired) electrons. The van der Waals surface area contributed by atoms with E-state index in [0.717, 1.165) is 0 Å². The number of halogens is 2. The van der Waals surface area contributed by atoms with Gasteiger partial charge in [0.1, 0.15) is 19.0 Å². The van der Waals surface area contributed by atoms with Crippen LogP contribution < -0.4 is 0 Å². The van der Waals surface area contributed by atoms with Crippen LogP contribution in [0.1, 0.15) is 40.1 Å². The Labute approximate surface area is 192 Å². The maximum atomic E-state index is 12.2. The third-order valence-corrected chi connectivity index (χ3v) is 4.66. The summed E-state index contributed by atoms with van der Waals surface area (Å²) in [5.74, 6) is -1.94. The molecule has 11 heteroatoms. The van der Waals surface area contributed by atoms with Crippen LogP contribution in [0.3, 0.4) is 0 Å². The molecule has 2 aromatic carbocycles. The molecule has 0 spiro atoms. The van der Waals surface area contributed by atoms with Gasteiger partial charge in [0.15, 0.2) is 5.78 Å². The topological polar surface area (TPSA) is 139 Å². The van der Waals surface area contributed by atoms with Crippen molar-refractivity contribution >= 4 is 52.2 Å². The van der Waals surface area contributed by atoms with Crippen LogP contribution in [0.2, 0.25) is 10.0 Å². The highest BCUT2D eigenvalue weighted by molar-refractivity contribution is 6.39. The number of hydrogen-bond donors (Lipinski definition) is 1. The Morgan fingerprint density at radius 3 is 1.94 bits per heavy atom. The van der Waals surface area contributed by atoms with E-state index < -0.39 is 11.9 Å². The van der Waals surface area contributed by atoms with Gasteiger partial charge in [0.2, 0.25) is 0 Å². The molecule has 0 unspecified atom stereocenters. The second kappa shape index (κ2) is 11.2. The number of nitrogens with zero attached hydrogens (tertiary/aromatic N) is 3. The lowest BCUT2D eigenvalue weighted by Crippen LogP contribution is -2.15. The van der Waals surface area contributed by atoms with E-state index >= 15 is 0 Å². The maximum absolute atomic E-state index is 12.2.